The summed E-state index contributed by atoms with van der Waals surface area (Å²) in [5.41, 5.74) is -1.68. The zero-order chi connectivity index (χ0) is 17.7. The van der Waals surface area contributed by atoms with Crippen LogP contribution in [0.4, 0.5) is 29.3 Å². The maximum atomic E-state index is 13.4. The molecule has 1 saturated carbocycles. The van der Waals surface area contributed by atoms with E-state index in [1.165, 1.54) is 12.1 Å². The molecule has 24 heavy (non-hydrogen) atoms. The Morgan fingerprint density at radius 3 is 2.54 bits per heavy atom. The molecule has 2 fully saturated rings. The highest BCUT2D eigenvalue weighted by molar-refractivity contribution is 5.97. The van der Waals surface area contributed by atoms with Crippen molar-refractivity contribution in [1.29, 1.82) is 0 Å². The van der Waals surface area contributed by atoms with E-state index in [1.54, 1.807) is 13.8 Å². The minimum atomic E-state index is -4.66. The number of amides is 2. The molecule has 2 amide bonds. The van der Waals surface area contributed by atoms with E-state index in [4.69, 9.17) is 4.74 Å². The van der Waals surface area contributed by atoms with Gasteiger partial charge in [-0.05, 0) is 38.0 Å². The van der Waals surface area contributed by atoms with Crippen molar-refractivity contribution in [3.05, 3.63) is 23.8 Å². The van der Waals surface area contributed by atoms with E-state index in [0.717, 1.165) is 23.8 Å². The standard InChI is InChI=1S/C16H17F3N2O3/c1-9-8-21(14(23)24-9)12-4-3-10(7-11(12)16(17,18)19)20-13(22)15(2)5-6-15/h3-4,7,9H,5-6,8H2,1-2H3,(H,20,22). The summed E-state index contributed by atoms with van der Waals surface area (Å²) in [5.74, 6) is -0.294. The number of hydrogen-bond acceptors (Lipinski definition) is 3. The SMILES string of the molecule is CC1CN(c2ccc(NC(=O)C3(C)CC3)cc2C(F)(F)F)C(=O)O1. The fraction of sp³-hybridized carbons (Fsp3) is 0.500. The molecule has 1 unspecified atom stereocenters. The maximum Gasteiger partial charge on any atom is 0.418 e. The molecule has 0 spiro atoms. The maximum absolute atomic E-state index is 13.4. The van der Waals surface area contributed by atoms with Gasteiger partial charge in [-0.15, -0.1) is 0 Å². The fourth-order valence-electron chi connectivity index (χ4n) is 2.57. The Bertz CT molecular complexity index is 698. The molecule has 1 aromatic rings. The van der Waals surface area contributed by atoms with Gasteiger partial charge in [0.25, 0.3) is 0 Å². The van der Waals surface area contributed by atoms with Crippen LogP contribution >= 0.6 is 0 Å². The normalized spacial score (nSPS) is 22.3. The number of halogens is 3. The summed E-state index contributed by atoms with van der Waals surface area (Å²) in [7, 11) is 0. The monoisotopic (exact) mass is 342 g/mol. The first-order valence-corrected chi connectivity index (χ1v) is 7.61. The number of hydrogen-bond donors (Lipinski definition) is 1. The highest BCUT2D eigenvalue weighted by atomic mass is 19.4. The predicted molar refractivity (Wildman–Crippen MR) is 80.7 cm³/mol. The third-order valence-electron chi connectivity index (χ3n) is 4.36. The lowest BCUT2D eigenvalue weighted by Gasteiger charge is -2.20. The van der Waals surface area contributed by atoms with Gasteiger partial charge < -0.3 is 10.1 Å². The molecule has 1 N–H and O–H groups in total. The van der Waals surface area contributed by atoms with Crippen molar-refractivity contribution in [3.8, 4) is 0 Å². The lowest BCUT2D eigenvalue weighted by Crippen LogP contribution is -2.27. The number of nitrogens with one attached hydrogen (secondary N) is 1. The van der Waals surface area contributed by atoms with Gasteiger partial charge in [0.05, 0.1) is 17.8 Å². The molecule has 0 radical (unpaired) electrons. The van der Waals surface area contributed by atoms with E-state index in [-0.39, 0.29) is 23.8 Å². The second-order valence-corrected chi connectivity index (χ2v) is 6.55. The molecule has 130 valence electrons. The molecule has 1 aliphatic heterocycles. The summed E-state index contributed by atoms with van der Waals surface area (Å²) in [6.07, 6.45) is -4.50. The zero-order valence-corrected chi connectivity index (χ0v) is 13.2. The van der Waals surface area contributed by atoms with Crippen molar-refractivity contribution in [2.24, 2.45) is 5.41 Å². The number of nitrogens with zero attached hydrogens (tertiary/aromatic N) is 1. The number of anilines is 2. The van der Waals surface area contributed by atoms with Crippen molar-refractivity contribution in [2.45, 2.75) is 39.0 Å². The molecule has 0 aromatic heterocycles. The smallest absolute Gasteiger partial charge is 0.418 e. The van der Waals surface area contributed by atoms with Crippen molar-refractivity contribution in [3.63, 3.8) is 0 Å². The Kier molecular flexibility index (Phi) is 3.73. The minimum absolute atomic E-state index is 0.0473. The number of benzene rings is 1. The molecule has 1 aliphatic carbocycles. The second kappa shape index (κ2) is 5.39. The van der Waals surface area contributed by atoms with E-state index in [2.05, 4.69) is 5.32 Å². The lowest BCUT2D eigenvalue weighted by molar-refractivity contribution is -0.137. The molecule has 5 nitrogen and oxygen atoms in total. The van der Waals surface area contributed by atoms with Crippen molar-refractivity contribution >= 4 is 23.4 Å². The molecule has 1 aromatic carbocycles. The van der Waals surface area contributed by atoms with E-state index in [1.807, 2.05) is 0 Å². The Labute approximate surface area is 136 Å². The topological polar surface area (TPSA) is 58.6 Å². The molecule has 0 bridgehead atoms. The Morgan fingerprint density at radius 2 is 2.04 bits per heavy atom. The predicted octanol–water partition coefficient (Wildman–Crippen LogP) is 3.79. The van der Waals surface area contributed by atoms with Crippen LogP contribution in [0.25, 0.3) is 0 Å². The largest absolute Gasteiger partial charge is 0.444 e. The number of carbonyl (C=O) groups is 2. The molecule has 8 heteroatoms. The van der Waals surface area contributed by atoms with Gasteiger partial charge in [0, 0.05) is 11.1 Å². The summed E-state index contributed by atoms with van der Waals surface area (Å²) >= 11 is 0. The summed E-state index contributed by atoms with van der Waals surface area (Å²) in [4.78, 5) is 24.7. The number of alkyl halides is 3. The van der Waals surface area contributed by atoms with Crippen LogP contribution in [0.2, 0.25) is 0 Å². The first-order valence-electron chi connectivity index (χ1n) is 7.61. The van der Waals surface area contributed by atoms with Gasteiger partial charge in [-0.3, -0.25) is 9.69 Å². The van der Waals surface area contributed by atoms with Gasteiger partial charge in [-0.25, -0.2) is 4.79 Å². The molecule has 3 rings (SSSR count). The average molecular weight is 342 g/mol. The summed E-state index contributed by atoms with van der Waals surface area (Å²) in [6.45, 7) is 3.42. The van der Waals surface area contributed by atoms with Crippen LogP contribution in [0.5, 0.6) is 0 Å². The fourth-order valence-corrected chi connectivity index (χ4v) is 2.57. The van der Waals surface area contributed by atoms with Crippen LogP contribution in [0.1, 0.15) is 32.3 Å². The highest BCUT2D eigenvalue weighted by Crippen LogP contribution is 2.46. The van der Waals surface area contributed by atoms with Crippen LogP contribution in [-0.4, -0.2) is 24.6 Å². The summed E-state index contributed by atoms with van der Waals surface area (Å²) < 4.78 is 45.1. The highest BCUT2D eigenvalue weighted by Gasteiger charge is 2.45. The van der Waals surface area contributed by atoms with E-state index in [0.29, 0.717) is 0 Å². The molecule has 2 aliphatic rings. The van der Waals surface area contributed by atoms with Gasteiger partial charge in [-0.1, -0.05) is 6.92 Å². The van der Waals surface area contributed by atoms with Crippen LogP contribution in [-0.2, 0) is 15.7 Å². The molecule has 1 heterocycles. The van der Waals surface area contributed by atoms with Crippen LogP contribution in [0.15, 0.2) is 18.2 Å². The third kappa shape index (κ3) is 3.05. The summed E-state index contributed by atoms with van der Waals surface area (Å²) in [6, 6.07) is 3.41. The van der Waals surface area contributed by atoms with Crippen molar-refractivity contribution < 1.29 is 27.5 Å². The van der Waals surface area contributed by atoms with Gasteiger partial charge >= 0.3 is 12.3 Å². The average Bonchev–Trinajstić information content (AvgIpc) is 3.14. The van der Waals surface area contributed by atoms with Gasteiger partial charge in [-0.2, -0.15) is 13.2 Å². The first-order chi connectivity index (χ1) is 11.1. The van der Waals surface area contributed by atoms with Gasteiger partial charge in [0.15, 0.2) is 0 Å². The Balaban J connectivity index is 1.92. The van der Waals surface area contributed by atoms with E-state index in [9.17, 15) is 22.8 Å². The second-order valence-electron chi connectivity index (χ2n) is 6.55. The minimum Gasteiger partial charge on any atom is -0.444 e. The van der Waals surface area contributed by atoms with E-state index >= 15 is 0 Å². The molecule has 1 atom stereocenters. The zero-order valence-electron chi connectivity index (χ0n) is 13.2. The number of cyclic esters (lactones) is 1. The molecular weight excluding hydrogens is 325 g/mol. The van der Waals surface area contributed by atoms with Crippen LogP contribution in [0.3, 0.4) is 0 Å². The Hall–Kier alpha value is -2.25. The van der Waals surface area contributed by atoms with E-state index < -0.39 is 29.4 Å². The van der Waals surface area contributed by atoms with Crippen LogP contribution in [0, 0.1) is 5.41 Å². The van der Waals surface area contributed by atoms with Crippen molar-refractivity contribution in [1.82, 2.24) is 0 Å². The van der Waals surface area contributed by atoms with Gasteiger partial charge in [0.1, 0.15) is 6.10 Å². The molecule has 1 saturated heterocycles. The van der Waals surface area contributed by atoms with Gasteiger partial charge in [0.2, 0.25) is 5.91 Å². The lowest BCUT2D eigenvalue weighted by atomic mass is 10.1. The Morgan fingerprint density at radius 1 is 1.38 bits per heavy atom. The number of ether oxygens (including phenoxy) is 1. The molecular formula is C16H17F3N2O3. The van der Waals surface area contributed by atoms with Crippen LogP contribution < -0.4 is 10.2 Å². The summed E-state index contributed by atoms with van der Waals surface area (Å²) in [5, 5.41) is 2.52. The number of rotatable bonds is 3. The first kappa shape index (κ1) is 16.6. The number of carbonyl (C=O) groups excluding carboxylic acids is 2. The third-order valence-corrected chi connectivity index (χ3v) is 4.36. The van der Waals surface area contributed by atoms with Crippen molar-refractivity contribution in [2.75, 3.05) is 16.8 Å². The quantitative estimate of drug-likeness (QED) is 0.909.